The van der Waals surface area contributed by atoms with Gasteiger partial charge in [0.2, 0.25) is 5.91 Å². The van der Waals surface area contributed by atoms with E-state index in [1.807, 2.05) is 18.2 Å². The van der Waals surface area contributed by atoms with Crippen molar-refractivity contribution in [3.8, 4) is 0 Å². The van der Waals surface area contributed by atoms with Crippen molar-refractivity contribution in [1.29, 1.82) is 0 Å². The molecule has 1 aromatic carbocycles. The summed E-state index contributed by atoms with van der Waals surface area (Å²) in [6, 6.07) is 8.40. The van der Waals surface area contributed by atoms with Crippen molar-refractivity contribution in [1.82, 2.24) is 4.90 Å². The molecular weight excluding hydrogens is 297 g/mol. The zero-order valence-electron chi connectivity index (χ0n) is 12.3. The minimum atomic E-state index is -4.68. The van der Waals surface area contributed by atoms with E-state index in [1.54, 1.807) is 17.0 Å². The Morgan fingerprint density at radius 1 is 1.36 bits per heavy atom. The van der Waals surface area contributed by atoms with Crippen LogP contribution in [-0.4, -0.2) is 54.4 Å². The molecule has 7 heteroatoms. The van der Waals surface area contributed by atoms with Gasteiger partial charge in [-0.1, -0.05) is 18.2 Å². The first kappa shape index (κ1) is 16.8. The lowest BCUT2D eigenvalue weighted by molar-refractivity contribution is -0.208. The highest BCUT2D eigenvalue weighted by Crippen LogP contribution is 2.25. The monoisotopic (exact) mass is 316 g/mol. The second-order valence-electron chi connectivity index (χ2n) is 5.48. The summed E-state index contributed by atoms with van der Waals surface area (Å²) >= 11 is 0. The number of para-hydroxylation sites is 1. The maximum absolute atomic E-state index is 12.5. The number of carbonyl (C=O) groups is 1. The number of benzene rings is 1. The SMILES string of the molecule is CN(CC(O)C(F)(F)F)C1CCCN(c2ccccc2)C1=O. The molecule has 22 heavy (non-hydrogen) atoms. The van der Waals surface area contributed by atoms with Crippen LogP contribution < -0.4 is 4.90 Å². The summed E-state index contributed by atoms with van der Waals surface area (Å²) in [5.41, 5.74) is 0.738. The molecule has 1 saturated heterocycles. The highest BCUT2D eigenvalue weighted by Gasteiger charge is 2.41. The van der Waals surface area contributed by atoms with Gasteiger partial charge in [0.15, 0.2) is 6.10 Å². The summed E-state index contributed by atoms with van der Waals surface area (Å²) in [4.78, 5) is 15.4. The number of hydrogen-bond donors (Lipinski definition) is 1. The van der Waals surface area contributed by atoms with Crippen LogP contribution in [0.25, 0.3) is 0 Å². The number of nitrogens with zero attached hydrogens (tertiary/aromatic N) is 2. The Balaban J connectivity index is 2.07. The van der Waals surface area contributed by atoms with Crippen LogP contribution in [0.5, 0.6) is 0 Å². The van der Waals surface area contributed by atoms with Crippen LogP contribution in [0.15, 0.2) is 30.3 Å². The van der Waals surface area contributed by atoms with E-state index >= 15 is 0 Å². The smallest absolute Gasteiger partial charge is 0.382 e. The van der Waals surface area contributed by atoms with Gasteiger partial charge in [-0.15, -0.1) is 0 Å². The third kappa shape index (κ3) is 3.78. The van der Waals surface area contributed by atoms with E-state index in [0.29, 0.717) is 19.4 Å². The Bertz CT molecular complexity index is 507. The molecule has 122 valence electrons. The van der Waals surface area contributed by atoms with E-state index in [4.69, 9.17) is 5.11 Å². The van der Waals surface area contributed by atoms with Gasteiger partial charge in [0.05, 0.1) is 6.04 Å². The van der Waals surface area contributed by atoms with Gasteiger partial charge in [-0.05, 0) is 32.0 Å². The predicted molar refractivity (Wildman–Crippen MR) is 76.5 cm³/mol. The maximum Gasteiger partial charge on any atom is 0.415 e. The fourth-order valence-electron chi connectivity index (χ4n) is 2.63. The van der Waals surface area contributed by atoms with Gasteiger partial charge in [-0.25, -0.2) is 0 Å². The molecule has 0 bridgehead atoms. The normalized spacial score (nSPS) is 21.3. The van der Waals surface area contributed by atoms with Crippen LogP contribution in [-0.2, 0) is 4.79 Å². The Hall–Kier alpha value is -1.60. The number of aliphatic hydroxyl groups excluding tert-OH is 1. The summed E-state index contributed by atoms with van der Waals surface area (Å²) in [5, 5.41) is 9.16. The van der Waals surface area contributed by atoms with E-state index in [-0.39, 0.29) is 5.91 Å². The van der Waals surface area contributed by atoms with E-state index in [1.165, 1.54) is 11.9 Å². The van der Waals surface area contributed by atoms with Gasteiger partial charge >= 0.3 is 6.18 Å². The molecule has 1 fully saturated rings. The lowest BCUT2D eigenvalue weighted by atomic mass is 10.0. The van der Waals surface area contributed by atoms with Crippen LogP contribution in [0.3, 0.4) is 0 Å². The van der Waals surface area contributed by atoms with Gasteiger partial charge in [-0.2, -0.15) is 13.2 Å². The van der Waals surface area contributed by atoms with Crippen molar-refractivity contribution in [2.24, 2.45) is 0 Å². The van der Waals surface area contributed by atoms with E-state index in [9.17, 15) is 18.0 Å². The lowest BCUT2D eigenvalue weighted by Crippen LogP contribution is -2.54. The number of carbonyl (C=O) groups excluding carboxylic acids is 1. The Kier molecular flexibility index (Phi) is 5.08. The number of halogens is 3. The highest BCUT2D eigenvalue weighted by molar-refractivity contribution is 5.97. The second-order valence-corrected chi connectivity index (χ2v) is 5.48. The molecule has 0 spiro atoms. The second kappa shape index (κ2) is 6.66. The Morgan fingerprint density at radius 3 is 2.59 bits per heavy atom. The molecule has 0 aliphatic carbocycles. The topological polar surface area (TPSA) is 43.8 Å². The summed E-state index contributed by atoms with van der Waals surface area (Å²) in [6.45, 7) is -0.0580. The number of aliphatic hydroxyl groups is 1. The molecule has 2 rings (SSSR count). The molecule has 1 amide bonds. The average Bonchev–Trinajstić information content (AvgIpc) is 2.47. The van der Waals surface area contributed by atoms with E-state index in [2.05, 4.69) is 0 Å². The first-order valence-corrected chi connectivity index (χ1v) is 7.12. The van der Waals surface area contributed by atoms with Crippen molar-refractivity contribution in [3.63, 3.8) is 0 Å². The van der Waals surface area contributed by atoms with Gasteiger partial charge < -0.3 is 10.0 Å². The number of piperidine rings is 1. The number of likely N-dealkylation sites (N-methyl/N-ethyl adjacent to an activating group) is 1. The standard InChI is InChI=1S/C15H19F3N2O2/c1-19(10-13(21)15(16,17)18)12-8-5-9-20(14(12)22)11-6-3-2-4-7-11/h2-4,6-7,12-13,21H,5,8-10H2,1H3. The summed E-state index contributed by atoms with van der Waals surface area (Å²) in [6.07, 6.45) is -5.93. The number of rotatable bonds is 4. The van der Waals surface area contributed by atoms with Gasteiger partial charge in [0.25, 0.3) is 0 Å². The molecule has 1 N–H and O–H groups in total. The van der Waals surface area contributed by atoms with E-state index < -0.39 is 24.9 Å². The molecule has 0 saturated carbocycles. The van der Waals surface area contributed by atoms with Crippen LogP contribution in [0, 0.1) is 0 Å². The molecule has 4 nitrogen and oxygen atoms in total. The molecule has 0 aromatic heterocycles. The largest absolute Gasteiger partial charge is 0.415 e. The van der Waals surface area contributed by atoms with Crippen LogP contribution in [0.4, 0.5) is 18.9 Å². The number of hydrogen-bond acceptors (Lipinski definition) is 3. The fraction of sp³-hybridized carbons (Fsp3) is 0.533. The minimum absolute atomic E-state index is 0.227. The van der Waals surface area contributed by atoms with Crippen molar-refractivity contribution in [2.75, 3.05) is 25.0 Å². The van der Waals surface area contributed by atoms with Crippen molar-refractivity contribution in [2.45, 2.75) is 31.2 Å². The van der Waals surface area contributed by atoms with Crippen LogP contribution >= 0.6 is 0 Å². The van der Waals surface area contributed by atoms with E-state index in [0.717, 1.165) is 5.69 Å². The summed E-state index contributed by atoms with van der Waals surface area (Å²) in [5.74, 6) is -0.227. The molecular formula is C15H19F3N2O2. The molecule has 0 radical (unpaired) electrons. The third-order valence-electron chi connectivity index (χ3n) is 3.85. The first-order valence-electron chi connectivity index (χ1n) is 7.12. The predicted octanol–water partition coefficient (Wildman–Crippen LogP) is 2.04. The third-order valence-corrected chi connectivity index (χ3v) is 3.85. The fourth-order valence-corrected chi connectivity index (χ4v) is 2.63. The van der Waals surface area contributed by atoms with Gasteiger partial charge in [-0.3, -0.25) is 9.69 Å². The van der Waals surface area contributed by atoms with Gasteiger partial charge in [0, 0.05) is 18.8 Å². The first-order chi connectivity index (χ1) is 10.3. The molecule has 1 heterocycles. The Morgan fingerprint density at radius 2 is 2.00 bits per heavy atom. The molecule has 1 aromatic rings. The van der Waals surface area contributed by atoms with Crippen LogP contribution in [0.2, 0.25) is 0 Å². The minimum Gasteiger partial charge on any atom is -0.382 e. The number of amides is 1. The zero-order chi connectivity index (χ0) is 16.3. The summed E-state index contributed by atoms with van der Waals surface area (Å²) < 4.78 is 37.3. The quantitative estimate of drug-likeness (QED) is 0.924. The molecule has 2 atom stereocenters. The zero-order valence-corrected chi connectivity index (χ0v) is 12.3. The number of anilines is 1. The highest BCUT2D eigenvalue weighted by atomic mass is 19.4. The van der Waals surface area contributed by atoms with Crippen molar-refractivity contribution < 1.29 is 23.1 Å². The molecule has 2 unspecified atom stereocenters. The molecule has 1 aliphatic heterocycles. The molecule has 1 aliphatic rings. The van der Waals surface area contributed by atoms with Crippen LogP contribution in [0.1, 0.15) is 12.8 Å². The Labute approximate surface area is 127 Å². The lowest BCUT2D eigenvalue weighted by Gasteiger charge is -2.37. The number of alkyl halides is 3. The summed E-state index contributed by atoms with van der Waals surface area (Å²) in [7, 11) is 1.44. The van der Waals surface area contributed by atoms with Crippen molar-refractivity contribution in [3.05, 3.63) is 30.3 Å². The average molecular weight is 316 g/mol. The maximum atomic E-state index is 12.5. The van der Waals surface area contributed by atoms with Gasteiger partial charge in [0.1, 0.15) is 0 Å². The van der Waals surface area contributed by atoms with Crippen molar-refractivity contribution >= 4 is 11.6 Å².